The summed E-state index contributed by atoms with van der Waals surface area (Å²) in [5, 5.41) is 2.35. The zero-order valence-corrected chi connectivity index (χ0v) is 41.4. The Labute approximate surface area is 388 Å². The van der Waals surface area contributed by atoms with Crippen LogP contribution in [0.4, 0.5) is 28.4 Å². The molecule has 7 aromatic rings. The quantitative estimate of drug-likeness (QED) is 0.162. The highest BCUT2D eigenvalue weighted by Crippen LogP contribution is 2.56. The molecule has 0 N–H and O–H groups in total. The van der Waals surface area contributed by atoms with Crippen LogP contribution >= 0.6 is 0 Å². The maximum Gasteiger partial charge on any atom is 0.333 e. The molecule has 0 saturated heterocycles. The molecular formula is C61H67BN2O. The van der Waals surface area contributed by atoms with E-state index in [1.165, 1.54) is 139 Å². The van der Waals surface area contributed by atoms with Gasteiger partial charge in [0.15, 0.2) is 0 Å². The molecule has 3 nitrogen and oxygen atoms in total. The highest BCUT2D eigenvalue weighted by molar-refractivity contribution is 6.93. The van der Waals surface area contributed by atoms with Gasteiger partial charge < -0.3 is 14.1 Å². The van der Waals surface area contributed by atoms with E-state index in [2.05, 4.69) is 197 Å². The number of anilines is 5. The van der Waals surface area contributed by atoms with Crippen LogP contribution in [0.1, 0.15) is 161 Å². The van der Waals surface area contributed by atoms with Gasteiger partial charge >= 0.3 is 6.85 Å². The van der Waals surface area contributed by atoms with Crippen LogP contribution in [0.25, 0.3) is 33.1 Å². The van der Waals surface area contributed by atoms with E-state index in [-0.39, 0.29) is 39.3 Å². The van der Waals surface area contributed by atoms with Gasteiger partial charge in [-0.05, 0) is 176 Å². The van der Waals surface area contributed by atoms with Crippen molar-refractivity contribution in [2.24, 2.45) is 0 Å². The maximum atomic E-state index is 6.82. The fraction of sp³-hybridized carbons (Fsp3) is 0.410. The first kappa shape index (κ1) is 41.2. The lowest BCUT2D eigenvalue weighted by molar-refractivity contribution is 0.332. The smallest absolute Gasteiger partial charge is 0.333 e. The van der Waals surface area contributed by atoms with Crippen molar-refractivity contribution in [1.82, 2.24) is 0 Å². The van der Waals surface area contributed by atoms with E-state index < -0.39 is 0 Å². The molecule has 0 amide bonds. The molecule has 0 saturated carbocycles. The lowest BCUT2D eigenvalue weighted by atomic mass is 9.43. The van der Waals surface area contributed by atoms with E-state index in [4.69, 9.17) is 4.42 Å². The van der Waals surface area contributed by atoms with E-state index in [0.29, 0.717) is 0 Å². The van der Waals surface area contributed by atoms with Crippen LogP contribution in [0.2, 0.25) is 0 Å². The first-order valence-electron chi connectivity index (χ1n) is 24.8. The SMILES string of the molecule is Cc1cc2c(cc1N1c3cc4oc5ccccc5c4cc3B3c4c(cccc41)-c1cc4c(cc1N3c1ccc3c(c1)C(C)(C)CCC3(C)C)C(C)(C)CCC4(C)C)C(C)(C)CCC2(C)C. The molecule has 0 radical (unpaired) electrons. The highest BCUT2D eigenvalue weighted by Gasteiger charge is 2.49. The van der Waals surface area contributed by atoms with Crippen molar-refractivity contribution in [2.75, 3.05) is 9.71 Å². The van der Waals surface area contributed by atoms with Gasteiger partial charge in [0.2, 0.25) is 0 Å². The second-order valence-corrected chi connectivity index (χ2v) is 25.0. The molecule has 0 fully saturated rings. The number of para-hydroxylation sites is 1. The van der Waals surface area contributed by atoms with E-state index in [1.807, 2.05) is 0 Å². The summed E-state index contributed by atoms with van der Waals surface area (Å²) in [5.74, 6) is 0. The Hall–Kier alpha value is -5.22. The molecule has 0 atom stereocenters. The third kappa shape index (κ3) is 5.74. The van der Waals surface area contributed by atoms with Crippen molar-refractivity contribution in [2.45, 2.75) is 161 Å². The largest absolute Gasteiger partial charge is 0.456 e. The number of nitrogens with zero attached hydrogens (tertiary/aromatic N) is 2. The van der Waals surface area contributed by atoms with Crippen LogP contribution in [-0.4, -0.2) is 6.85 Å². The van der Waals surface area contributed by atoms with Gasteiger partial charge in [0.1, 0.15) is 11.2 Å². The molecule has 5 aliphatic rings. The monoisotopic (exact) mass is 855 g/mol. The predicted molar refractivity (Wildman–Crippen MR) is 278 cm³/mol. The standard InChI is InChI=1S/C61H67BN2O/c1-36-29-43-46(60(10,11)27-25-57(43,4)5)33-50(36)63-49-19-16-18-39-40-31-45-47(61(12,13)28-26-59(45,8)9)34-51(40)64(37-21-22-42-44(30-37)58(6,7)24-23-56(42,2)3)62(55(39)49)48-32-41-38-17-14-15-20-53(38)65-54(41)35-52(48)63/h14-22,29-35H,23-28H2,1-13H3. The van der Waals surface area contributed by atoms with Crippen molar-refractivity contribution in [3.8, 4) is 11.1 Å². The highest BCUT2D eigenvalue weighted by atomic mass is 16.3. The van der Waals surface area contributed by atoms with E-state index >= 15 is 0 Å². The van der Waals surface area contributed by atoms with E-state index in [1.54, 1.807) is 0 Å². The molecule has 12 rings (SSSR count). The average molecular weight is 855 g/mol. The summed E-state index contributed by atoms with van der Waals surface area (Å²) in [4.78, 5) is 5.42. The molecular weight excluding hydrogens is 787 g/mol. The zero-order chi connectivity index (χ0) is 45.5. The van der Waals surface area contributed by atoms with Crippen LogP contribution in [0, 0.1) is 6.92 Å². The van der Waals surface area contributed by atoms with Crippen molar-refractivity contribution >= 4 is 68.1 Å². The van der Waals surface area contributed by atoms with Crippen LogP contribution in [0.3, 0.4) is 0 Å². The summed E-state index contributed by atoms with van der Waals surface area (Å²) in [6.45, 7) is 31.8. The van der Waals surface area contributed by atoms with Gasteiger partial charge in [0.25, 0.3) is 0 Å². The number of furan rings is 1. The van der Waals surface area contributed by atoms with Gasteiger partial charge in [-0.1, -0.05) is 132 Å². The topological polar surface area (TPSA) is 19.6 Å². The lowest BCUT2D eigenvalue weighted by Gasteiger charge is -2.49. The fourth-order valence-electron chi connectivity index (χ4n) is 13.4. The van der Waals surface area contributed by atoms with Gasteiger partial charge in [-0.15, -0.1) is 0 Å². The third-order valence-electron chi connectivity index (χ3n) is 18.0. The van der Waals surface area contributed by atoms with Crippen LogP contribution in [0.5, 0.6) is 0 Å². The van der Waals surface area contributed by atoms with Crippen molar-refractivity contribution < 1.29 is 4.42 Å². The van der Waals surface area contributed by atoms with Crippen molar-refractivity contribution in [3.05, 3.63) is 136 Å². The van der Waals surface area contributed by atoms with Crippen molar-refractivity contribution in [3.63, 3.8) is 0 Å². The molecule has 65 heavy (non-hydrogen) atoms. The number of aryl methyl sites for hydroxylation is 1. The zero-order valence-electron chi connectivity index (χ0n) is 41.4. The Morgan fingerprint density at radius 2 is 0.985 bits per heavy atom. The van der Waals surface area contributed by atoms with Gasteiger partial charge in [-0.3, -0.25) is 0 Å². The summed E-state index contributed by atoms with van der Waals surface area (Å²) in [7, 11) is 0. The first-order chi connectivity index (χ1) is 30.6. The Bertz CT molecular complexity index is 3210. The molecule has 2 aliphatic heterocycles. The fourth-order valence-corrected chi connectivity index (χ4v) is 13.4. The average Bonchev–Trinajstić information content (AvgIpc) is 3.62. The van der Waals surface area contributed by atoms with Crippen LogP contribution in [-0.2, 0) is 32.5 Å². The number of hydrogen-bond acceptors (Lipinski definition) is 3. The van der Waals surface area contributed by atoms with Gasteiger partial charge in [-0.25, -0.2) is 0 Å². The number of hydrogen-bond donors (Lipinski definition) is 0. The first-order valence-corrected chi connectivity index (χ1v) is 24.8. The molecule has 1 aromatic heterocycles. The number of fused-ring (bicyclic) bond motifs is 10. The summed E-state index contributed by atoms with van der Waals surface area (Å²) in [5.41, 5.74) is 24.4. The molecule has 0 unspecified atom stereocenters. The molecule has 0 bridgehead atoms. The molecule has 0 spiro atoms. The minimum Gasteiger partial charge on any atom is -0.456 e. The summed E-state index contributed by atoms with van der Waals surface area (Å²) >= 11 is 0. The summed E-state index contributed by atoms with van der Waals surface area (Å²) in [6.07, 6.45) is 7.10. The number of rotatable bonds is 2. The normalized spacial score (nSPS) is 21.0. The molecule has 3 aliphatic carbocycles. The summed E-state index contributed by atoms with van der Waals surface area (Å²) < 4.78 is 6.82. The van der Waals surface area contributed by atoms with Crippen LogP contribution < -0.4 is 20.6 Å². The van der Waals surface area contributed by atoms with Gasteiger partial charge in [0, 0.05) is 50.8 Å². The Morgan fingerprint density at radius 3 is 1.63 bits per heavy atom. The minimum absolute atomic E-state index is 0.0605. The van der Waals surface area contributed by atoms with Gasteiger partial charge in [0.05, 0.1) is 0 Å². The molecule has 6 aromatic carbocycles. The summed E-state index contributed by atoms with van der Waals surface area (Å²) in [6, 6.07) is 38.7. The maximum absolute atomic E-state index is 6.82. The number of benzene rings is 6. The third-order valence-corrected chi connectivity index (χ3v) is 18.0. The second kappa shape index (κ2) is 13.0. The Morgan fingerprint density at radius 1 is 0.431 bits per heavy atom. The Balaban J connectivity index is 1.21. The lowest BCUT2D eigenvalue weighted by Crippen LogP contribution is -2.61. The second-order valence-electron chi connectivity index (χ2n) is 25.0. The molecule has 4 heteroatoms. The van der Waals surface area contributed by atoms with E-state index in [0.717, 1.165) is 11.2 Å². The van der Waals surface area contributed by atoms with Crippen LogP contribution in [0.15, 0.2) is 101 Å². The molecule has 330 valence electrons. The Kier molecular flexibility index (Phi) is 8.26. The van der Waals surface area contributed by atoms with Gasteiger partial charge in [-0.2, -0.15) is 0 Å². The van der Waals surface area contributed by atoms with E-state index in [9.17, 15) is 0 Å². The minimum atomic E-state index is -0.0816. The van der Waals surface area contributed by atoms with Crippen molar-refractivity contribution in [1.29, 1.82) is 0 Å². The molecule has 3 heterocycles. The predicted octanol–water partition coefficient (Wildman–Crippen LogP) is 15.6.